The van der Waals surface area contributed by atoms with Gasteiger partial charge in [0.15, 0.2) is 9.84 Å². The average molecular weight is 444 g/mol. The third-order valence-electron chi connectivity index (χ3n) is 4.97. The number of carbonyl (C=O) groups excluding carboxylic acids is 1. The quantitative estimate of drug-likeness (QED) is 0.588. The zero-order valence-electron chi connectivity index (χ0n) is 16.6. The summed E-state index contributed by atoms with van der Waals surface area (Å²) in [6, 6.07) is 5.96. The number of aromatic nitrogens is 3. The van der Waals surface area contributed by atoms with Gasteiger partial charge >= 0.3 is 0 Å². The molecule has 1 fully saturated rings. The third-order valence-corrected chi connectivity index (χ3v) is 6.58. The van der Waals surface area contributed by atoms with Gasteiger partial charge in [-0.15, -0.1) is 0 Å². The predicted octanol–water partition coefficient (Wildman–Crippen LogP) is 1.56. The summed E-state index contributed by atoms with van der Waals surface area (Å²) in [5.41, 5.74) is 0.822. The number of rotatable bonds is 6. The van der Waals surface area contributed by atoms with Crippen molar-refractivity contribution in [3.05, 3.63) is 54.4 Å². The number of anilines is 2. The SMILES string of the molecule is O=C(Nc1cc(F)cc2cccnc12)c1cnc(NCCN2CCS(=O)(=O)CC2)cn1. The van der Waals surface area contributed by atoms with Crippen LogP contribution in [-0.4, -0.2) is 71.9 Å². The molecule has 3 aromatic rings. The van der Waals surface area contributed by atoms with Crippen LogP contribution in [0.1, 0.15) is 10.5 Å². The van der Waals surface area contributed by atoms with Gasteiger partial charge < -0.3 is 10.6 Å². The summed E-state index contributed by atoms with van der Waals surface area (Å²) in [6.45, 7) is 2.30. The van der Waals surface area contributed by atoms with Gasteiger partial charge in [-0.05, 0) is 18.2 Å². The van der Waals surface area contributed by atoms with Crippen LogP contribution in [0.15, 0.2) is 42.9 Å². The molecule has 162 valence electrons. The molecule has 1 aliphatic rings. The Bertz CT molecular complexity index is 1190. The van der Waals surface area contributed by atoms with Gasteiger partial charge in [-0.25, -0.2) is 22.8 Å². The molecule has 4 rings (SSSR count). The highest BCUT2D eigenvalue weighted by atomic mass is 32.2. The molecule has 0 aliphatic carbocycles. The number of pyridine rings is 1. The van der Waals surface area contributed by atoms with Gasteiger partial charge in [-0.1, -0.05) is 6.07 Å². The van der Waals surface area contributed by atoms with E-state index in [0.717, 1.165) is 0 Å². The normalized spacial score (nSPS) is 16.2. The van der Waals surface area contributed by atoms with Crippen LogP contribution < -0.4 is 10.6 Å². The largest absolute Gasteiger partial charge is 0.368 e. The van der Waals surface area contributed by atoms with Crippen molar-refractivity contribution in [2.45, 2.75) is 0 Å². The van der Waals surface area contributed by atoms with E-state index in [4.69, 9.17) is 0 Å². The molecule has 0 saturated carbocycles. The number of nitrogens with one attached hydrogen (secondary N) is 2. The van der Waals surface area contributed by atoms with Crippen LogP contribution in [0.25, 0.3) is 10.9 Å². The zero-order chi connectivity index (χ0) is 21.8. The van der Waals surface area contributed by atoms with E-state index < -0.39 is 21.6 Å². The van der Waals surface area contributed by atoms with E-state index in [2.05, 4.69) is 30.5 Å². The number of carbonyl (C=O) groups is 1. The van der Waals surface area contributed by atoms with Crippen LogP contribution in [0, 0.1) is 5.82 Å². The number of sulfone groups is 1. The van der Waals surface area contributed by atoms with E-state index in [-0.39, 0.29) is 22.9 Å². The third kappa shape index (κ3) is 5.30. The van der Waals surface area contributed by atoms with E-state index in [1.54, 1.807) is 18.3 Å². The molecule has 1 saturated heterocycles. The Kier molecular flexibility index (Phi) is 6.05. The molecule has 0 spiro atoms. The summed E-state index contributed by atoms with van der Waals surface area (Å²) in [5.74, 6) is -0.127. The molecular formula is C20H21FN6O3S. The molecule has 0 atom stereocenters. The molecule has 1 aliphatic heterocycles. The Morgan fingerprint density at radius 3 is 2.68 bits per heavy atom. The van der Waals surface area contributed by atoms with Crippen molar-refractivity contribution in [3.8, 4) is 0 Å². The first kappa shape index (κ1) is 21.1. The number of nitrogens with zero attached hydrogens (tertiary/aromatic N) is 4. The highest BCUT2D eigenvalue weighted by molar-refractivity contribution is 7.91. The van der Waals surface area contributed by atoms with Crippen LogP contribution in [0.2, 0.25) is 0 Å². The smallest absolute Gasteiger partial charge is 0.275 e. The fraction of sp³-hybridized carbons (Fsp3) is 0.300. The van der Waals surface area contributed by atoms with Crippen LogP contribution in [0.5, 0.6) is 0 Å². The molecular weight excluding hydrogens is 423 g/mol. The van der Waals surface area contributed by atoms with Gasteiger partial charge in [0.2, 0.25) is 0 Å². The molecule has 0 unspecified atom stereocenters. The maximum Gasteiger partial charge on any atom is 0.275 e. The summed E-state index contributed by atoms with van der Waals surface area (Å²) in [6.07, 6.45) is 4.34. The second kappa shape index (κ2) is 8.90. The van der Waals surface area contributed by atoms with E-state index in [1.807, 2.05) is 0 Å². The van der Waals surface area contributed by atoms with Gasteiger partial charge in [0.1, 0.15) is 17.3 Å². The first-order chi connectivity index (χ1) is 14.9. The lowest BCUT2D eigenvalue weighted by atomic mass is 10.2. The molecule has 1 amide bonds. The van der Waals surface area contributed by atoms with Crippen molar-refractivity contribution in [2.75, 3.05) is 48.3 Å². The van der Waals surface area contributed by atoms with E-state index >= 15 is 0 Å². The van der Waals surface area contributed by atoms with E-state index in [0.29, 0.717) is 42.9 Å². The molecule has 11 heteroatoms. The van der Waals surface area contributed by atoms with Crippen molar-refractivity contribution in [3.63, 3.8) is 0 Å². The summed E-state index contributed by atoms with van der Waals surface area (Å²) < 4.78 is 36.8. The molecule has 2 N–H and O–H groups in total. The first-order valence-electron chi connectivity index (χ1n) is 9.74. The molecule has 0 radical (unpaired) electrons. The molecule has 9 nitrogen and oxygen atoms in total. The summed E-state index contributed by atoms with van der Waals surface area (Å²) in [5, 5.41) is 6.32. The minimum absolute atomic E-state index is 0.0835. The Balaban J connectivity index is 1.34. The van der Waals surface area contributed by atoms with Gasteiger partial charge in [0.05, 0.1) is 35.1 Å². The zero-order valence-corrected chi connectivity index (χ0v) is 17.4. The predicted molar refractivity (Wildman–Crippen MR) is 115 cm³/mol. The van der Waals surface area contributed by atoms with Crippen LogP contribution in [0.4, 0.5) is 15.9 Å². The second-order valence-electron chi connectivity index (χ2n) is 7.19. The fourth-order valence-corrected chi connectivity index (χ4v) is 4.57. The van der Waals surface area contributed by atoms with Gasteiger partial charge in [0.25, 0.3) is 5.91 Å². The highest BCUT2D eigenvalue weighted by Gasteiger charge is 2.21. The Morgan fingerprint density at radius 2 is 1.94 bits per heavy atom. The van der Waals surface area contributed by atoms with Crippen molar-refractivity contribution >= 4 is 38.2 Å². The Hall–Kier alpha value is -3.18. The second-order valence-corrected chi connectivity index (χ2v) is 9.49. The number of amides is 1. The number of hydrogen-bond donors (Lipinski definition) is 2. The lowest BCUT2D eigenvalue weighted by molar-refractivity contribution is 0.102. The van der Waals surface area contributed by atoms with Crippen LogP contribution in [-0.2, 0) is 9.84 Å². The van der Waals surface area contributed by atoms with E-state index in [1.165, 1.54) is 24.5 Å². The van der Waals surface area contributed by atoms with Gasteiger partial charge in [0, 0.05) is 37.8 Å². The van der Waals surface area contributed by atoms with Crippen molar-refractivity contribution in [1.82, 2.24) is 19.9 Å². The van der Waals surface area contributed by atoms with Gasteiger partial charge in [-0.2, -0.15) is 0 Å². The average Bonchev–Trinajstić information content (AvgIpc) is 2.75. The fourth-order valence-electron chi connectivity index (χ4n) is 3.29. The first-order valence-corrected chi connectivity index (χ1v) is 11.6. The molecule has 2 aromatic heterocycles. The minimum atomic E-state index is -2.89. The topological polar surface area (TPSA) is 117 Å². The summed E-state index contributed by atoms with van der Waals surface area (Å²) in [7, 11) is -2.89. The Morgan fingerprint density at radius 1 is 1.13 bits per heavy atom. The lowest BCUT2D eigenvalue weighted by Crippen LogP contribution is -2.42. The number of halogens is 1. The van der Waals surface area contributed by atoms with Crippen LogP contribution >= 0.6 is 0 Å². The molecule has 3 heterocycles. The van der Waals surface area contributed by atoms with Crippen molar-refractivity contribution in [1.29, 1.82) is 0 Å². The van der Waals surface area contributed by atoms with Crippen molar-refractivity contribution < 1.29 is 17.6 Å². The maximum atomic E-state index is 13.8. The highest BCUT2D eigenvalue weighted by Crippen LogP contribution is 2.23. The number of hydrogen-bond acceptors (Lipinski definition) is 8. The summed E-state index contributed by atoms with van der Waals surface area (Å²) >= 11 is 0. The van der Waals surface area contributed by atoms with Crippen molar-refractivity contribution in [2.24, 2.45) is 0 Å². The number of fused-ring (bicyclic) bond motifs is 1. The van der Waals surface area contributed by atoms with E-state index in [9.17, 15) is 17.6 Å². The lowest BCUT2D eigenvalue weighted by Gasteiger charge is -2.26. The van der Waals surface area contributed by atoms with Crippen LogP contribution in [0.3, 0.4) is 0 Å². The standard InChI is InChI=1S/C20H21FN6O3S/c21-15-10-14-2-1-3-23-19(14)16(11-15)26-20(28)17-12-25-18(13-24-17)22-4-5-27-6-8-31(29,30)9-7-27/h1-3,10-13H,4-9H2,(H,22,25)(H,26,28). The molecule has 1 aromatic carbocycles. The molecule has 31 heavy (non-hydrogen) atoms. The minimum Gasteiger partial charge on any atom is -0.368 e. The molecule has 0 bridgehead atoms. The Labute approximate surface area is 178 Å². The van der Waals surface area contributed by atoms with Gasteiger partial charge in [-0.3, -0.25) is 14.7 Å². The maximum absolute atomic E-state index is 13.8. The number of benzene rings is 1. The summed E-state index contributed by atoms with van der Waals surface area (Å²) in [4.78, 5) is 27.1. The monoisotopic (exact) mass is 444 g/mol.